The summed E-state index contributed by atoms with van der Waals surface area (Å²) < 4.78 is 5.14. The highest BCUT2D eigenvalue weighted by Crippen LogP contribution is 2.20. The van der Waals surface area contributed by atoms with Gasteiger partial charge in [0.25, 0.3) is 6.54 Å². The van der Waals surface area contributed by atoms with Gasteiger partial charge in [-0.05, 0) is 20.8 Å². The Kier molecular flexibility index (Phi) is 3.53. The van der Waals surface area contributed by atoms with Crippen LogP contribution in [0, 0.1) is 12.5 Å². The molecule has 1 fully saturated rings. The monoisotopic (exact) mass is 224 g/mol. The van der Waals surface area contributed by atoms with E-state index in [1.807, 2.05) is 0 Å². The summed E-state index contributed by atoms with van der Waals surface area (Å²) in [4.78, 5) is 27.3. The van der Waals surface area contributed by atoms with Crippen molar-refractivity contribution in [1.82, 2.24) is 4.90 Å². The minimum absolute atomic E-state index is 0.0881. The summed E-state index contributed by atoms with van der Waals surface area (Å²) in [6, 6.07) is 0. The van der Waals surface area contributed by atoms with Gasteiger partial charge < -0.3 is 14.5 Å². The molecular weight excluding hydrogens is 208 g/mol. The molecule has 0 aliphatic carbocycles. The van der Waals surface area contributed by atoms with Gasteiger partial charge in [0.15, 0.2) is 0 Å². The first-order valence-corrected chi connectivity index (χ1v) is 5.17. The Labute approximate surface area is 95.2 Å². The largest absolute Gasteiger partial charge is 0.444 e. The number of hydrogen-bond acceptors (Lipinski definition) is 3. The maximum atomic E-state index is 11.5. The van der Waals surface area contributed by atoms with E-state index in [1.165, 1.54) is 4.90 Å². The van der Waals surface area contributed by atoms with Crippen molar-refractivity contribution in [2.24, 2.45) is 5.92 Å². The van der Waals surface area contributed by atoms with E-state index in [0.717, 1.165) is 0 Å². The number of hydrogen-bond donors (Lipinski definition) is 0. The van der Waals surface area contributed by atoms with Crippen LogP contribution in [-0.4, -0.2) is 42.0 Å². The molecule has 0 aromatic heterocycles. The molecule has 0 radical (unpaired) electrons. The zero-order valence-electron chi connectivity index (χ0n) is 9.82. The maximum Gasteiger partial charge on any atom is 0.410 e. The summed E-state index contributed by atoms with van der Waals surface area (Å²) in [5.41, 5.74) is -0.511. The fourth-order valence-electron chi connectivity index (χ4n) is 1.36. The van der Waals surface area contributed by atoms with Crippen LogP contribution in [0.25, 0.3) is 4.85 Å². The fraction of sp³-hybridized carbons (Fsp3) is 0.727. The van der Waals surface area contributed by atoms with Gasteiger partial charge in [-0.2, -0.15) is 0 Å². The Bertz CT molecular complexity index is 332. The van der Waals surface area contributed by atoms with E-state index in [4.69, 9.17) is 11.3 Å². The molecule has 0 aromatic carbocycles. The van der Waals surface area contributed by atoms with Gasteiger partial charge in [-0.15, -0.1) is 0 Å². The molecular formula is C11H16N2O3. The molecule has 0 saturated carbocycles. The Hall–Kier alpha value is -1.57. The van der Waals surface area contributed by atoms with Crippen molar-refractivity contribution in [3.8, 4) is 0 Å². The van der Waals surface area contributed by atoms with Crippen LogP contribution in [0.3, 0.4) is 0 Å². The van der Waals surface area contributed by atoms with Crippen molar-refractivity contribution in [3.63, 3.8) is 0 Å². The summed E-state index contributed by atoms with van der Waals surface area (Å²) in [5, 5.41) is 0. The third-order valence-electron chi connectivity index (χ3n) is 2.22. The van der Waals surface area contributed by atoms with Crippen LogP contribution in [0.5, 0.6) is 0 Å². The zero-order valence-corrected chi connectivity index (χ0v) is 9.82. The van der Waals surface area contributed by atoms with Crippen molar-refractivity contribution in [2.45, 2.75) is 26.4 Å². The van der Waals surface area contributed by atoms with Crippen LogP contribution in [0.15, 0.2) is 0 Å². The minimum Gasteiger partial charge on any atom is -0.444 e. The van der Waals surface area contributed by atoms with E-state index in [2.05, 4.69) is 4.85 Å². The number of ketones is 1. The van der Waals surface area contributed by atoms with Crippen molar-refractivity contribution < 1.29 is 14.3 Å². The molecule has 0 bridgehead atoms. The number of rotatable bonds is 2. The Morgan fingerprint density at radius 3 is 2.44 bits per heavy atom. The highest BCUT2D eigenvalue weighted by molar-refractivity contribution is 5.87. The molecule has 0 unspecified atom stereocenters. The minimum atomic E-state index is -0.511. The zero-order chi connectivity index (χ0) is 12.3. The van der Waals surface area contributed by atoms with Crippen LogP contribution in [0.4, 0.5) is 4.79 Å². The first-order valence-electron chi connectivity index (χ1n) is 5.17. The molecule has 1 aliphatic rings. The fourth-order valence-corrected chi connectivity index (χ4v) is 1.36. The summed E-state index contributed by atoms with van der Waals surface area (Å²) in [5.74, 6) is -0.267. The molecule has 16 heavy (non-hydrogen) atoms. The van der Waals surface area contributed by atoms with E-state index in [-0.39, 0.29) is 24.3 Å². The number of carbonyl (C=O) groups excluding carboxylic acids is 2. The van der Waals surface area contributed by atoms with Gasteiger partial charge in [0.1, 0.15) is 5.60 Å². The SMILES string of the molecule is [C-]#[N+]CC(=O)C1CN(C(=O)OC(C)(C)C)C1. The van der Waals surface area contributed by atoms with Gasteiger partial charge in [-0.1, -0.05) is 0 Å². The second kappa shape index (κ2) is 4.52. The molecule has 1 saturated heterocycles. The Morgan fingerprint density at radius 2 is 2.00 bits per heavy atom. The molecule has 1 amide bonds. The highest BCUT2D eigenvalue weighted by Gasteiger charge is 2.38. The van der Waals surface area contributed by atoms with Gasteiger partial charge in [-0.25, -0.2) is 11.4 Å². The lowest BCUT2D eigenvalue weighted by atomic mass is 9.96. The number of carbonyl (C=O) groups is 2. The number of amides is 1. The third kappa shape index (κ3) is 3.23. The first kappa shape index (κ1) is 12.5. The second-order valence-corrected chi connectivity index (χ2v) is 4.86. The molecule has 88 valence electrons. The second-order valence-electron chi connectivity index (χ2n) is 4.86. The summed E-state index contributed by atoms with van der Waals surface area (Å²) >= 11 is 0. The van der Waals surface area contributed by atoms with Gasteiger partial charge in [-0.3, -0.25) is 4.79 Å². The first-order chi connectivity index (χ1) is 7.33. The van der Waals surface area contributed by atoms with E-state index in [9.17, 15) is 9.59 Å². The smallest absolute Gasteiger partial charge is 0.410 e. The Morgan fingerprint density at radius 1 is 1.44 bits per heavy atom. The molecule has 5 nitrogen and oxygen atoms in total. The number of likely N-dealkylation sites (tertiary alicyclic amines) is 1. The van der Waals surface area contributed by atoms with E-state index >= 15 is 0 Å². The van der Waals surface area contributed by atoms with Crippen molar-refractivity contribution >= 4 is 11.9 Å². The van der Waals surface area contributed by atoms with Crippen LogP contribution >= 0.6 is 0 Å². The molecule has 0 N–H and O–H groups in total. The van der Waals surface area contributed by atoms with Crippen LogP contribution < -0.4 is 0 Å². The molecule has 1 heterocycles. The quantitative estimate of drug-likeness (QED) is 0.665. The predicted octanol–water partition coefficient (Wildman–Crippen LogP) is 1.34. The van der Waals surface area contributed by atoms with Crippen molar-refractivity contribution in [2.75, 3.05) is 19.6 Å². The van der Waals surface area contributed by atoms with Crippen LogP contribution in [0.1, 0.15) is 20.8 Å². The third-order valence-corrected chi connectivity index (χ3v) is 2.22. The number of Topliss-reactive ketones (excluding diaryl/α,β-unsaturated/α-hetero) is 1. The highest BCUT2D eigenvalue weighted by atomic mass is 16.6. The lowest BCUT2D eigenvalue weighted by Gasteiger charge is -2.38. The summed E-state index contributed by atoms with van der Waals surface area (Å²) in [7, 11) is 0. The number of nitrogens with zero attached hydrogens (tertiary/aromatic N) is 2. The summed E-state index contributed by atoms with van der Waals surface area (Å²) in [6.45, 7) is 12.6. The molecule has 0 atom stereocenters. The molecule has 1 rings (SSSR count). The van der Waals surface area contributed by atoms with Gasteiger partial charge in [0.2, 0.25) is 5.78 Å². The maximum absolute atomic E-state index is 11.5. The average molecular weight is 224 g/mol. The van der Waals surface area contributed by atoms with Crippen molar-refractivity contribution in [3.05, 3.63) is 11.4 Å². The molecule has 1 aliphatic heterocycles. The van der Waals surface area contributed by atoms with Gasteiger partial charge in [0, 0.05) is 13.1 Å². The Balaban J connectivity index is 2.34. The van der Waals surface area contributed by atoms with E-state index in [1.54, 1.807) is 20.8 Å². The lowest BCUT2D eigenvalue weighted by molar-refractivity contribution is -0.125. The molecule has 0 spiro atoms. The van der Waals surface area contributed by atoms with Crippen molar-refractivity contribution in [1.29, 1.82) is 0 Å². The normalized spacial score (nSPS) is 16.2. The topological polar surface area (TPSA) is 51.0 Å². The van der Waals surface area contributed by atoms with Crippen LogP contribution in [-0.2, 0) is 9.53 Å². The lowest BCUT2D eigenvalue weighted by Crippen LogP contribution is -2.54. The summed E-state index contributed by atoms with van der Waals surface area (Å²) in [6.07, 6.45) is -0.389. The predicted molar refractivity (Wildman–Crippen MR) is 57.8 cm³/mol. The van der Waals surface area contributed by atoms with Gasteiger partial charge in [0.05, 0.1) is 5.92 Å². The van der Waals surface area contributed by atoms with Crippen LogP contribution in [0.2, 0.25) is 0 Å². The van der Waals surface area contributed by atoms with E-state index in [0.29, 0.717) is 13.1 Å². The molecule has 0 aromatic rings. The average Bonchev–Trinajstić information content (AvgIpc) is 1.97. The molecule has 5 heteroatoms. The number of ether oxygens (including phenoxy) is 1. The standard InChI is InChI=1S/C11H16N2O3/c1-11(2,3)16-10(15)13-6-8(7-13)9(14)5-12-4/h8H,5-7H2,1-3H3. The van der Waals surface area contributed by atoms with E-state index < -0.39 is 5.60 Å². The van der Waals surface area contributed by atoms with Gasteiger partial charge >= 0.3 is 6.09 Å².